The minimum atomic E-state index is -2.00. The Morgan fingerprint density at radius 3 is 2.64 bits per heavy atom. The molecule has 0 spiro atoms. The van der Waals surface area contributed by atoms with Crippen molar-refractivity contribution in [2.75, 3.05) is 0 Å². The first kappa shape index (κ1) is 28.9. The van der Waals surface area contributed by atoms with E-state index in [2.05, 4.69) is 5.32 Å². The van der Waals surface area contributed by atoms with E-state index in [4.69, 9.17) is 20.2 Å². The lowest BCUT2D eigenvalue weighted by atomic mass is 9.85. The van der Waals surface area contributed by atoms with Crippen LogP contribution in [0.15, 0.2) is 41.2 Å². The van der Waals surface area contributed by atoms with Gasteiger partial charge in [0, 0.05) is 16.5 Å². The number of ether oxygens (including phenoxy) is 2. The van der Waals surface area contributed by atoms with Crippen molar-refractivity contribution in [3.8, 4) is 11.4 Å². The van der Waals surface area contributed by atoms with Crippen molar-refractivity contribution in [1.29, 1.82) is 0 Å². The maximum Gasteiger partial charge on any atom is 0.355 e. The highest BCUT2D eigenvalue weighted by Crippen LogP contribution is 2.41. The first-order valence-electron chi connectivity index (χ1n) is 13.8. The minimum Gasteiger partial charge on any atom is -0.480 e. The average Bonchev–Trinajstić information content (AvgIpc) is 3.30. The molecule has 3 aromatic rings. The summed E-state index contributed by atoms with van der Waals surface area (Å²) in [7, 11) is 0. The number of aliphatic carboxylic acids is 1. The molecular weight excluding hydrogens is 544 g/mol. The van der Waals surface area contributed by atoms with Gasteiger partial charge in [-0.05, 0) is 37.0 Å². The Labute approximate surface area is 240 Å². The topological polar surface area (TPSA) is 180 Å². The van der Waals surface area contributed by atoms with Gasteiger partial charge >= 0.3 is 17.9 Å². The number of aromatic nitrogens is 2. The number of nitrogens with two attached hydrogens (primary N) is 1. The van der Waals surface area contributed by atoms with E-state index in [1.54, 1.807) is 17.6 Å². The average molecular weight is 577 g/mol. The zero-order valence-corrected chi connectivity index (χ0v) is 23.5. The Bertz CT molecular complexity index is 1680. The van der Waals surface area contributed by atoms with Crippen molar-refractivity contribution < 1.29 is 33.8 Å². The number of rotatable bonds is 9. The number of carbonyl (C=O) groups excluding carboxylic acids is 3. The first-order chi connectivity index (χ1) is 19.9. The fourth-order valence-corrected chi connectivity index (χ4v) is 5.58. The number of carboxylic acid groups (broad SMARTS) is 1. The normalized spacial score (nSPS) is 18.5. The molecule has 0 fully saturated rings. The number of carbonyl (C=O) groups is 4. The van der Waals surface area contributed by atoms with E-state index in [-0.39, 0.29) is 36.6 Å². The van der Waals surface area contributed by atoms with Gasteiger partial charge in [-0.25, -0.2) is 14.6 Å². The van der Waals surface area contributed by atoms with Gasteiger partial charge in [-0.3, -0.25) is 14.4 Å². The second-order valence-corrected chi connectivity index (χ2v) is 11.1. The Morgan fingerprint density at radius 2 is 1.95 bits per heavy atom. The van der Waals surface area contributed by atoms with Crippen LogP contribution < -0.4 is 16.6 Å². The van der Waals surface area contributed by atoms with Crippen LogP contribution >= 0.6 is 0 Å². The lowest BCUT2D eigenvalue weighted by molar-refractivity contribution is -0.190. The van der Waals surface area contributed by atoms with Crippen molar-refractivity contribution in [1.82, 2.24) is 14.9 Å². The Kier molecular flexibility index (Phi) is 7.58. The molecule has 0 saturated heterocycles. The number of pyridine rings is 2. The van der Waals surface area contributed by atoms with Crippen molar-refractivity contribution in [2.24, 2.45) is 11.7 Å². The second kappa shape index (κ2) is 11.0. The Morgan fingerprint density at radius 1 is 1.21 bits per heavy atom. The summed E-state index contributed by atoms with van der Waals surface area (Å²) < 4.78 is 12.6. The molecule has 12 heteroatoms. The number of hydrogen-bond donors (Lipinski definition) is 3. The summed E-state index contributed by atoms with van der Waals surface area (Å²) in [6, 6.07) is 8.53. The summed E-state index contributed by atoms with van der Waals surface area (Å²) in [4.78, 5) is 69.2. The van der Waals surface area contributed by atoms with Crippen molar-refractivity contribution in [2.45, 2.75) is 70.9 Å². The van der Waals surface area contributed by atoms with Gasteiger partial charge in [0.15, 0.2) is 0 Å². The van der Waals surface area contributed by atoms with Crippen LogP contribution in [0.5, 0.6) is 0 Å². The molecule has 0 bridgehead atoms. The van der Waals surface area contributed by atoms with Crippen LogP contribution in [-0.4, -0.2) is 50.6 Å². The molecule has 1 amide bonds. The molecule has 2 aliphatic heterocycles. The molecule has 0 aliphatic carbocycles. The monoisotopic (exact) mass is 576 g/mol. The maximum absolute atomic E-state index is 13.7. The molecule has 2 aliphatic rings. The van der Waals surface area contributed by atoms with E-state index >= 15 is 0 Å². The summed E-state index contributed by atoms with van der Waals surface area (Å²) in [5.41, 5.74) is 6.40. The number of benzene rings is 1. The maximum atomic E-state index is 13.7. The molecule has 0 unspecified atom stereocenters. The predicted molar refractivity (Wildman–Crippen MR) is 150 cm³/mol. The van der Waals surface area contributed by atoms with Crippen molar-refractivity contribution in [3.63, 3.8) is 0 Å². The third kappa shape index (κ3) is 5.02. The van der Waals surface area contributed by atoms with Crippen LogP contribution in [0.25, 0.3) is 22.3 Å². The molecule has 5 rings (SSSR count). The van der Waals surface area contributed by atoms with Gasteiger partial charge in [-0.1, -0.05) is 39.0 Å². The lowest BCUT2D eigenvalue weighted by Crippen LogP contribution is -2.51. The summed E-state index contributed by atoms with van der Waals surface area (Å²) in [6.07, 6.45) is -0.549. The van der Waals surface area contributed by atoms with E-state index in [0.29, 0.717) is 17.8 Å². The first-order valence-corrected chi connectivity index (χ1v) is 13.8. The molecule has 220 valence electrons. The molecule has 4 N–H and O–H groups in total. The number of hydrogen-bond acceptors (Lipinski definition) is 9. The lowest BCUT2D eigenvalue weighted by Gasteiger charge is -2.36. The van der Waals surface area contributed by atoms with Gasteiger partial charge in [-0.2, -0.15) is 0 Å². The highest BCUT2D eigenvalue weighted by atomic mass is 16.6. The Balaban J connectivity index is 1.48. The number of para-hydroxylation sites is 1. The number of fused-ring (bicyclic) bond motifs is 5. The van der Waals surface area contributed by atoms with Gasteiger partial charge < -0.3 is 30.2 Å². The standard InChI is InChI=1S/C30H32N4O8/c1-4-30(42-24(35)12-22(28(38)39)33-26(36)20(31)9-15(2)3)19-11-23-25-17(10-16-7-5-6-8-21(16)32-25)13-34(23)27(37)18(19)14-41-29(30)40/h5-8,10-11,15,20,22H,4,9,12-14,31H2,1-3H3,(H,33,36)(H,38,39)/t20-,22+,30-/m0/s1. The molecule has 3 atom stereocenters. The summed E-state index contributed by atoms with van der Waals surface area (Å²) in [6.45, 7) is 5.29. The van der Waals surface area contributed by atoms with Crippen LogP contribution in [0.2, 0.25) is 0 Å². The highest BCUT2D eigenvalue weighted by molar-refractivity contribution is 5.91. The number of amides is 1. The zero-order valence-electron chi connectivity index (χ0n) is 23.5. The quantitative estimate of drug-likeness (QED) is 0.249. The fraction of sp³-hybridized carbons (Fsp3) is 0.400. The third-order valence-corrected chi connectivity index (χ3v) is 7.72. The van der Waals surface area contributed by atoms with Crippen molar-refractivity contribution >= 4 is 34.7 Å². The second-order valence-electron chi connectivity index (χ2n) is 11.1. The number of nitrogens with zero attached hydrogens (tertiary/aromatic N) is 2. The van der Waals surface area contributed by atoms with E-state index in [1.807, 2.05) is 44.2 Å². The molecule has 2 aromatic heterocycles. The number of nitrogens with one attached hydrogen (secondary N) is 1. The van der Waals surface area contributed by atoms with Gasteiger partial charge in [0.1, 0.15) is 12.6 Å². The molecule has 4 heterocycles. The Hall–Kier alpha value is -4.58. The smallest absolute Gasteiger partial charge is 0.355 e. The molecule has 1 aromatic carbocycles. The van der Waals surface area contributed by atoms with Crippen LogP contribution in [0.1, 0.15) is 56.7 Å². The highest BCUT2D eigenvalue weighted by Gasteiger charge is 2.50. The fourth-order valence-electron chi connectivity index (χ4n) is 5.58. The zero-order chi connectivity index (χ0) is 30.3. The van der Waals surface area contributed by atoms with E-state index < -0.39 is 53.5 Å². The van der Waals surface area contributed by atoms with Gasteiger partial charge in [0.05, 0.1) is 41.5 Å². The molecular formula is C30H32N4O8. The van der Waals surface area contributed by atoms with Crippen molar-refractivity contribution in [3.05, 3.63) is 63.4 Å². The predicted octanol–water partition coefficient (Wildman–Crippen LogP) is 1.96. The van der Waals surface area contributed by atoms with Crippen LogP contribution in [0.3, 0.4) is 0 Å². The van der Waals surface area contributed by atoms with Gasteiger partial charge in [0.25, 0.3) is 5.56 Å². The molecule has 0 saturated carbocycles. The minimum absolute atomic E-state index is 0.0885. The SMILES string of the molecule is CC[C@@]1(OC(=O)C[C@@H](NC(=O)[C@@H](N)CC(C)C)C(=O)O)C(=O)OCc2c1cc1n(c2=O)Cc2cc3ccccc3nc2-1. The van der Waals surface area contributed by atoms with Gasteiger partial charge in [0.2, 0.25) is 11.5 Å². The van der Waals surface area contributed by atoms with Crippen LogP contribution in [0, 0.1) is 5.92 Å². The molecule has 12 nitrogen and oxygen atoms in total. The van der Waals surface area contributed by atoms with Crippen LogP contribution in [-0.2, 0) is 47.4 Å². The number of cyclic esters (lactones) is 1. The van der Waals surface area contributed by atoms with E-state index in [0.717, 1.165) is 16.5 Å². The van der Waals surface area contributed by atoms with Gasteiger partial charge in [-0.15, -0.1) is 0 Å². The number of carboxylic acids is 1. The molecule has 42 heavy (non-hydrogen) atoms. The molecule has 0 radical (unpaired) electrons. The summed E-state index contributed by atoms with van der Waals surface area (Å²) in [5, 5.41) is 12.9. The summed E-state index contributed by atoms with van der Waals surface area (Å²) >= 11 is 0. The summed E-state index contributed by atoms with van der Waals surface area (Å²) in [5.74, 6) is -4.06. The van der Waals surface area contributed by atoms with E-state index in [1.165, 1.54) is 0 Å². The number of esters is 2. The van der Waals surface area contributed by atoms with Crippen LogP contribution in [0.4, 0.5) is 0 Å². The van der Waals surface area contributed by atoms with E-state index in [9.17, 15) is 29.1 Å². The third-order valence-electron chi connectivity index (χ3n) is 7.72. The largest absolute Gasteiger partial charge is 0.480 e.